The van der Waals surface area contributed by atoms with Gasteiger partial charge in [-0.15, -0.1) is 12.4 Å². The average molecular weight is 280 g/mol. The van der Waals surface area contributed by atoms with Crippen LogP contribution >= 0.6 is 12.4 Å². The quantitative estimate of drug-likeness (QED) is 0.847. The normalized spacial score (nSPS) is 10.8. The molecule has 102 valence electrons. The second kappa shape index (κ2) is 6.11. The molecular weight excluding hydrogens is 264 g/mol. The number of carbonyl (C=O) groups is 1. The molecule has 2 N–H and O–H groups in total. The van der Waals surface area contributed by atoms with Crippen LogP contribution in [0.3, 0.4) is 0 Å². The minimum atomic E-state index is -1.02. The molecule has 0 fully saturated rings. The number of carbonyl (C=O) groups excluding carboxylic acids is 1. The first-order valence-electron chi connectivity index (χ1n) is 5.16. The molecule has 1 aromatic carbocycles. The highest BCUT2D eigenvalue weighted by molar-refractivity contribution is 5.90. The maximum absolute atomic E-state index is 13.5. The van der Waals surface area contributed by atoms with E-state index in [0.29, 0.717) is 0 Å². The predicted molar refractivity (Wildman–Crippen MR) is 66.7 cm³/mol. The number of esters is 1. The molecule has 18 heavy (non-hydrogen) atoms. The van der Waals surface area contributed by atoms with Gasteiger partial charge in [-0.25, -0.2) is 13.6 Å². The van der Waals surface area contributed by atoms with E-state index in [2.05, 4.69) is 0 Å². The van der Waals surface area contributed by atoms with Crippen LogP contribution in [0.4, 0.5) is 8.78 Å². The molecule has 1 aromatic rings. The van der Waals surface area contributed by atoms with Crippen molar-refractivity contribution in [3.05, 3.63) is 34.9 Å². The van der Waals surface area contributed by atoms with Crippen LogP contribution in [0.15, 0.2) is 12.1 Å². The third-order valence-corrected chi connectivity index (χ3v) is 1.94. The Morgan fingerprint density at radius 3 is 2.06 bits per heavy atom. The van der Waals surface area contributed by atoms with Crippen LogP contribution in [-0.4, -0.2) is 11.6 Å². The van der Waals surface area contributed by atoms with Gasteiger partial charge in [0, 0.05) is 6.54 Å². The van der Waals surface area contributed by atoms with Gasteiger partial charge in [-0.05, 0) is 38.5 Å². The highest BCUT2D eigenvalue weighted by atomic mass is 35.5. The lowest BCUT2D eigenvalue weighted by molar-refractivity contribution is 0.00595. The van der Waals surface area contributed by atoms with Crippen molar-refractivity contribution in [3.63, 3.8) is 0 Å². The van der Waals surface area contributed by atoms with E-state index in [4.69, 9.17) is 10.5 Å². The van der Waals surface area contributed by atoms with Crippen LogP contribution in [0.25, 0.3) is 0 Å². The van der Waals surface area contributed by atoms with E-state index >= 15 is 0 Å². The summed E-state index contributed by atoms with van der Waals surface area (Å²) in [6, 6.07) is 2.06. The molecule has 0 heterocycles. The van der Waals surface area contributed by atoms with Gasteiger partial charge in [0.05, 0.1) is 0 Å². The van der Waals surface area contributed by atoms with Crippen molar-refractivity contribution in [2.24, 2.45) is 5.73 Å². The van der Waals surface area contributed by atoms with Crippen LogP contribution in [0.2, 0.25) is 0 Å². The molecule has 0 saturated heterocycles. The van der Waals surface area contributed by atoms with Gasteiger partial charge in [0.2, 0.25) is 0 Å². The van der Waals surface area contributed by atoms with Crippen molar-refractivity contribution < 1.29 is 18.3 Å². The SMILES string of the molecule is CC(C)(C)OC(=O)c1c(F)cc(CN)cc1F.Cl. The average Bonchev–Trinajstić information content (AvgIpc) is 2.13. The first-order valence-corrected chi connectivity index (χ1v) is 5.16. The molecule has 0 aliphatic rings. The van der Waals surface area contributed by atoms with E-state index in [0.717, 1.165) is 12.1 Å². The molecule has 6 heteroatoms. The largest absolute Gasteiger partial charge is 0.456 e. The molecule has 0 aliphatic carbocycles. The number of benzene rings is 1. The first-order chi connectivity index (χ1) is 7.74. The standard InChI is InChI=1S/C12H15F2NO2.ClH/c1-12(2,3)17-11(16)10-8(13)4-7(6-15)5-9(10)14;/h4-5H,6,15H2,1-3H3;1H. The van der Waals surface area contributed by atoms with Gasteiger partial charge in [0.25, 0.3) is 0 Å². The molecule has 0 atom stereocenters. The first kappa shape index (κ1) is 16.8. The van der Waals surface area contributed by atoms with E-state index in [1.54, 1.807) is 20.8 Å². The highest BCUT2D eigenvalue weighted by Gasteiger charge is 2.24. The van der Waals surface area contributed by atoms with E-state index in [-0.39, 0.29) is 24.5 Å². The smallest absolute Gasteiger partial charge is 0.344 e. The van der Waals surface area contributed by atoms with Gasteiger partial charge < -0.3 is 10.5 Å². The van der Waals surface area contributed by atoms with E-state index in [1.807, 2.05) is 0 Å². The van der Waals surface area contributed by atoms with Gasteiger partial charge in [0.15, 0.2) is 0 Å². The van der Waals surface area contributed by atoms with Gasteiger partial charge in [-0.3, -0.25) is 0 Å². The van der Waals surface area contributed by atoms with E-state index < -0.39 is 28.8 Å². The lowest BCUT2D eigenvalue weighted by Crippen LogP contribution is -2.25. The molecule has 1 rings (SSSR count). The third kappa shape index (κ3) is 4.23. The second-order valence-corrected chi connectivity index (χ2v) is 4.64. The van der Waals surface area contributed by atoms with Crippen molar-refractivity contribution >= 4 is 18.4 Å². The summed E-state index contributed by atoms with van der Waals surface area (Å²) in [5.41, 5.74) is 4.06. The van der Waals surface area contributed by atoms with Crippen molar-refractivity contribution in [2.45, 2.75) is 32.9 Å². The Bertz CT molecular complexity index is 421. The van der Waals surface area contributed by atoms with Gasteiger partial charge in [0.1, 0.15) is 22.8 Å². The Balaban J connectivity index is 0.00000289. The minimum absolute atomic E-state index is 0. The maximum Gasteiger partial charge on any atom is 0.344 e. The summed E-state index contributed by atoms with van der Waals surface area (Å²) in [6.07, 6.45) is 0. The van der Waals surface area contributed by atoms with Crippen LogP contribution in [-0.2, 0) is 11.3 Å². The summed E-state index contributed by atoms with van der Waals surface area (Å²) in [5.74, 6) is -2.93. The summed E-state index contributed by atoms with van der Waals surface area (Å²) >= 11 is 0. The third-order valence-electron chi connectivity index (χ3n) is 1.94. The minimum Gasteiger partial charge on any atom is -0.456 e. The van der Waals surface area contributed by atoms with Gasteiger partial charge >= 0.3 is 5.97 Å². The molecule has 0 bridgehead atoms. The Labute approximate surface area is 111 Å². The predicted octanol–water partition coefficient (Wildman–Crippen LogP) is 2.80. The lowest BCUT2D eigenvalue weighted by Gasteiger charge is -2.20. The Kier molecular flexibility index (Phi) is 5.70. The zero-order chi connectivity index (χ0) is 13.2. The molecule has 0 unspecified atom stereocenters. The van der Waals surface area contributed by atoms with E-state index in [1.165, 1.54) is 0 Å². The summed E-state index contributed by atoms with van der Waals surface area (Å²) in [5, 5.41) is 0. The van der Waals surface area contributed by atoms with Crippen LogP contribution in [0.1, 0.15) is 36.7 Å². The molecular formula is C12H16ClF2NO2. The number of nitrogens with two attached hydrogens (primary N) is 1. The fourth-order valence-corrected chi connectivity index (χ4v) is 1.27. The van der Waals surface area contributed by atoms with Crippen molar-refractivity contribution in [1.82, 2.24) is 0 Å². The van der Waals surface area contributed by atoms with Crippen molar-refractivity contribution in [3.8, 4) is 0 Å². The van der Waals surface area contributed by atoms with Crippen LogP contribution in [0.5, 0.6) is 0 Å². The molecule has 0 radical (unpaired) electrons. The maximum atomic E-state index is 13.5. The highest BCUT2D eigenvalue weighted by Crippen LogP contribution is 2.19. The van der Waals surface area contributed by atoms with Crippen molar-refractivity contribution in [1.29, 1.82) is 0 Å². The molecule has 0 spiro atoms. The van der Waals surface area contributed by atoms with Gasteiger partial charge in [-0.1, -0.05) is 0 Å². The number of halogens is 3. The Morgan fingerprint density at radius 2 is 1.72 bits per heavy atom. The number of rotatable bonds is 2. The van der Waals surface area contributed by atoms with Crippen molar-refractivity contribution in [2.75, 3.05) is 0 Å². The molecule has 0 aromatic heterocycles. The lowest BCUT2D eigenvalue weighted by atomic mass is 10.1. The molecule has 0 aliphatic heterocycles. The topological polar surface area (TPSA) is 52.3 Å². The zero-order valence-electron chi connectivity index (χ0n) is 10.4. The number of hydrogen-bond acceptors (Lipinski definition) is 3. The van der Waals surface area contributed by atoms with Crippen LogP contribution in [0, 0.1) is 11.6 Å². The zero-order valence-corrected chi connectivity index (χ0v) is 11.2. The fourth-order valence-electron chi connectivity index (χ4n) is 1.27. The van der Waals surface area contributed by atoms with Crippen LogP contribution < -0.4 is 5.73 Å². The summed E-state index contributed by atoms with van der Waals surface area (Å²) in [7, 11) is 0. The summed E-state index contributed by atoms with van der Waals surface area (Å²) < 4.78 is 32.0. The Morgan fingerprint density at radius 1 is 1.28 bits per heavy atom. The molecule has 0 amide bonds. The fraction of sp³-hybridized carbons (Fsp3) is 0.417. The Hall–Kier alpha value is -1.20. The molecule has 3 nitrogen and oxygen atoms in total. The molecule has 0 saturated carbocycles. The van der Waals surface area contributed by atoms with E-state index in [9.17, 15) is 13.6 Å². The number of hydrogen-bond donors (Lipinski definition) is 1. The summed E-state index contributed by atoms with van der Waals surface area (Å²) in [6.45, 7) is 4.86. The number of ether oxygens (including phenoxy) is 1. The van der Waals surface area contributed by atoms with Gasteiger partial charge in [-0.2, -0.15) is 0 Å². The second-order valence-electron chi connectivity index (χ2n) is 4.64. The summed E-state index contributed by atoms with van der Waals surface area (Å²) in [4.78, 5) is 11.6. The monoisotopic (exact) mass is 279 g/mol.